The van der Waals surface area contributed by atoms with Gasteiger partial charge in [0.05, 0.1) is 16.1 Å². The number of carbonyl (C=O) groups is 2. The molecule has 1 N–H and O–H groups in total. The molecule has 0 spiro atoms. The summed E-state index contributed by atoms with van der Waals surface area (Å²) in [7, 11) is 0. The Labute approximate surface area is 171 Å². The van der Waals surface area contributed by atoms with Crippen LogP contribution in [0.4, 0.5) is 5.69 Å². The maximum atomic E-state index is 12.4. The molecule has 6 heteroatoms. The Kier molecular flexibility index (Phi) is 6.53. The van der Waals surface area contributed by atoms with Crippen LogP contribution in [0.15, 0.2) is 42.5 Å². The fourth-order valence-corrected chi connectivity index (χ4v) is 3.66. The smallest absolute Gasteiger partial charge is 0.338 e. The third kappa shape index (κ3) is 4.98. The summed E-state index contributed by atoms with van der Waals surface area (Å²) in [5, 5.41) is 3.19. The van der Waals surface area contributed by atoms with Crippen LogP contribution in [0.2, 0.25) is 5.02 Å². The molecule has 1 fully saturated rings. The highest BCUT2D eigenvalue weighted by molar-refractivity contribution is 14.1. The summed E-state index contributed by atoms with van der Waals surface area (Å²) in [6.07, 6.45) is 5.35. The average molecular weight is 484 g/mol. The van der Waals surface area contributed by atoms with E-state index >= 15 is 0 Å². The third-order valence-corrected chi connectivity index (χ3v) is 5.38. The van der Waals surface area contributed by atoms with Gasteiger partial charge in [0.2, 0.25) is 0 Å². The summed E-state index contributed by atoms with van der Waals surface area (Å²) in [5.74, 6) is -0.596. The minimum atomic E-state index is -0.310. The molecular weight excluding hydrogens is 465 g/mol. The first-order valence-corrected chi connectivity index (χ1v) is 10.1. The number of ether oxygens (including phenoxy) is 1. The quantitative estimate of drug-likeness (QED) is 0.449. The summed E-state index contributed by atoms with van der Waals surface area (Å²) in [6.45, 7) is 0. The van der Waals surface area contributed by atoms with Gasteiger partial charge in [0, 0.05) is 9.26 Å². The van der Waals surface area contributed by atoms with Crippen molar-refractivity contribution in [3.63, 3.8) is 0 Å². The van der Waals surface area contributed by atoms with Crippen LogP contribution in [0, 0.1) is 3.57 Å². The summed E-state index contributed by atoms with van der Waals surface area (Å²) < 4.78 is 6.48. The van der Waals surface area contributed by atoms with Crippen molar-refractivity contribution in [2.45, 2.75) is 38.2 Å². The predicted molar refractivity (Wildman–Crippen MR) is 111 cm³/mol. The zero-order valence-electron chi connectivity index (χ0n) is 14.1. The van der Waals surface area contributed by atoms with E-state index in [0.29, 0.717) is 21.8 Å². The highest BCUT2D eigenvalue weighted by Gasteiger charge is 2.19. The van der Waals surface area contributed by atoms with Crippen LogP contribution >= 0.6 is 34.2 Å². The van der Waals surface area contributed by atoms with Crippen molar-refractivity contribution >= 4 is 51.8 Å². The van der Waals surface area contributed by atoms with E-state index in [1.165, 1.54) is 6.42 Å². The molecule has 0 aromatic heterocycles. The van der Waals surface area contributed by atoms with Crippen LogP contribution in [0.5, 0.6) is 0 Å². The van der Waals surface area contributed by atoms with Crippen molar-refractivity contribution in [2.75, 3.05) is 5.32 Å². The Bertz CT molecular complexity index is 801. The van der Waals surface area contributed by atoms with Crippen LogP contribution in [-0.4, -0.2) is 18.0 Å². The lowest BCUT2D eigenvalue weighted by Crippen LogP contribution is -2.21. The van der Waals surface area contributed by atoms with Crippen molar-refractivity contribution in [3.05, 3.63) is 62.2 Å². The number of halogens is 2. The Hall–Kier alpha value is -1.60. The molecule has 0 saturated heterocycles. The van der Waals surface area contributed by atoms with E-state index in [2.05, 4.69) is 27.9 Å². The van der Waals surface area contributed by atoms with Crippen LogP contribution in [0.1, 0.15) is 52.8 Å². The molecule has 3 rings (SSSR count). The largest absolute Gasteiger partial charge is 0.459 e. The van der Waals surface area contributed by atoms with E-state index in [0.717, 1.165) is 29.3 Å². The Balaban J connectivity index is 1.62. The van der Waals surface area contributed by atoms with Gasteiger partial charge in [-0.15, -0.1) is 0 Å². The van der Waals surface area contributed by atoms with Crippen molar-refractivity contribution in [2.24, 2.45) is 0 Å². The Morgan fingerprint density at radius 2 is 1.73 bits per heavy atom. The second kappa shape index (κ2) is 8.86. The minimum absolute atomic E-state index is 0.0262. The van der Waals surface area contributed by atoms with Crippen LogP contribution < -0.4 is 5.32 Å². The van der Waals surface area contributed by atoms with Crippen LogP contribution in [0.25, 0.3) is 0 Å². The van der Waals surface area contributed by atoms with E-state index < -0.39 is 0 Å². The molecule has 0 unspecified atom stereocenters. The van der Waals surface area contributed by atoms with Gasteiger partial charge in [0.25, 0.3) is 5.91 Å². The molecule has 1 aliphatic rings. The first-order valence-electron chi connectivity index (χ1n) is 8.60. The van der Waals surface area contributed by atoms with Crippen LogP contribution in [0.3, 0.4) is 0 Å². The number of hydrogen-bond donors (Lipinski definition) is 1. The fraction of sp³-hybridized carbons (Fsp3) is 0.300. The Morgan fingerprint density at radius 3 is 2.42 bits per heavy atom. The van der Waals surface area contributed by atoms with E-state index in [-0.39, 0.29) is 18.0 Å². The predicted octanol–water partition coefficient (Wildman–Crippen LogP) is 5.69. The second-order valence-electron chi connectivity index (χ2n) is 6.32. The number of amides is 1. The lowest BCUT2D eigenvalue weighted by Gasteiger charge is -2.21. The van der Waals surface area contributed by atoms with Gasteiger partial charge in [0.15, 0.2) is 0 Å². The molecule has 2 aromatic rings. The second-order valence-corrected chi connectivity index (χ2v) is 7.97. The van der Waals surface area contributed by atoms with Gasteiger partial charge >= 0.3 is 5.97 Å². The van der Waals surface area contributed by atoms with Gasteiger partial charge in [-0.25, -0.2) is 4.79 Å². The first kappa shape index (κ1) is 19.2. The topological polar surface area (TPSA) is 55.4 Å². The van der Waals surface area contributed by atoms with Gasteiger partial charge in [0.1, 0.15) is 6.10 Å². The van der Waals surface area contributed by atoms with Crippen molar-refractivity contribution in [1.82, 2.24) is 0 Å². The molecule has 1 aliphatic carbocycles. The maximum absolute atomic E-state index is 12.4. The Morgan fingerprint density at radius 1 is 1.04 bits per heavy atom. The SMILES string of the molecule is O=C(OC1CCCCC1)c1ccc(NC(=O)c2cc(I)ccc2Cl)cc1. The molecule has 0 radical (unpaired) electrons. The lowest BCUT2D eigenvalue weighted by atomic mass is 9.98. The number of anilines is 1. The normalized spacial score (nSPS) is 14.7. The molecule has 136 valence electrons. The zero-order chi connectivity index (χ0) is 18.5. The zero-order valence-corrected chi connectivity index (χ0v) is 17.0. The van der Waals surface area contributed by atoms with Crippen LogP contribution in [-0.2, 0) is 4.74 Å². The number of hydrogen-bond acceptors (Lipinski definition) is 3. The van der Waals surface area contributed by atoms with Crippen molar-refractivity contribution in [3.8, 4) is 0 Å². The molecule has 1 saturated carbocycles. The van der Waals surface area contributed by atoms with Crippen molar-refractivity contribution in [1.29, 1.82) is 0 Å². The minimum Gasteiger partial charge on any atom is -0.459 e. The molecule has 0 bridgehead atoms. The molecule has 2 aromatic carbocycles. The monoisotopic (exact) mass is 483 g/mol. The molecular formula is C20H19ClINO3. The summed E-state index contributed by atoms with van der Waals surface area (Å²) in [6, 6.07) is 12.0. The first-order chi connectivity index (χ1) is 12.5. The molecule has 4 nitrogen and oxygen atoms in total. The standard InChI is InChI=1S/C20H19ClINO3/c21-18-11-8-14(22)12-17(18)19(24)23-15-9-6-13(7-10-15)20(25)26-16-4-2-1-3-5-16/h6-12,16H,1-5H2,(H,23,24). The number of esters is 1. The highest BCUT2D eigenvalue weighted by atomic mass is 127. The van der Waals surface area contributed by atoms with Gasteiger partial charge in [-0.1, -0.05) is 18.0 Å². The van der Waals surface area contributed by atoms with E-state index in [1.807, 2.05) is 6.07 Å². The fourth-order valence-electron chi connectivity index (χ4n) is 2.96. The molecule has 0 aliphatic heterocycles. The molecule has 0 heterocycles. The average Bonchev–Trinajstić information content (AvgIpc) is 2.65. The maximum Gasteiger partial charge on any atom is 0.338 e. The lowest BCUT2D eigenvalue weighted by molar-refractivity contribution is 0.0211. The van der Waals surface area contributed by atoms with Crippen molar-refractivity contribution < 1.29 is 14.3 Å². The highest BCUT2D eigenvalue weighted by Crippen LogP contribution is 2.23. The number of nitrogens with one attached hydrogen (secondary N) is 1. The molecule has 1 amide bonds. The van der Waals surface area contributed by atoms with Gasteiger partial charge in [-0.3, -0.25) is 4.79 Å². The molecule has 0 atom stereocenters. The summed E-state index contributed by atoms with van der Waals surface area (Å²) >= 11 is 8.22. The number of carbonyl (C=O) groups excluding carboxylic acids is 2. The van der Waals surface area contributed by atoms with Gasteiger partial charge in [-0.2, -0.15) is 0 Å². The summed E-state index contributed by atoms with van der Waals surface area (Å²) in [4.78, 5) is 24.6. The number of rotatable bonds is 4. The van der Waals surface area contributed by atoms with E-state index in [9.17, 15) is 9.59 Å². The number of benzene rings is 2. The van der Waals surface area contributed by atoms with E-state index in [1.54, 1.807) is 36.4 Å². The third-order valence-electron chi connectivity index (χ3n) is 4.38. The molecule has 26 heavy (non-hydrogen) atoms. The van der Waals surface area contributed by atoms with E-state index in [4.69, 9.17) is 16.3 Å². The van der Waals surface area contributed by atoms with Gasteiger partial charge < -0.3 is 10.1 Å². The van der Waals surface area contributed by atoms with Gasteiger partial charge in [-0.05, 0) is 90.7 Å². The summed E-state index contributed by atoms with van der Waals surface area (Å²) in [5.41, 5.74) is 1.50.